The van der Waals surface area contributed by atoms with E-state index in [2.05, 4.69) is 76.0 Å². The second-order valence-corrected chi connectivity index (χ2v) is 9.98. The Hall–Kier alpha value is -0.920. The fourth-order valence-corrected chi connectivity index (χ4v) is 7.30. The first-order valence-corrected chi connectivity index (χ1v) is 12.7. The molecule has 0 radical (unpaired) electrons. The topological polar surface area (TPSA) is 48.1 Å². The number of para-hydroxylation sites is 1. The Morgan fingerprint density at radius 3 is 2.76 bits per heavy atom. The van der Waals surface area contributed by atoms with Gasteiger partial charge in [-0.2, -0.15) is 0 Å². The summed E-state index contributed by atoms with van der Waals surface area (Å²) in [6.07, 6.45) is 9.92. The van der Waals surface area contributed by atoms with Crippen LogP contribution in [0, 0.1) is 5.41 Å². The van der Waals surface area contributed by atoms with Gasteiger partial charge in [0.05, 0.1) is 5.69 Å². The summed E-state index contributed by atoms with van der Waals surface area (Å²) in [5, 5.41) is 5.37. The first-order valence-electron chi connectivity index (χ1n) is 11.2. The highest BCUT2D eigenvalue weighted by atomic mass is 127. The van der Waals surface area contributed by atoms with Gasteiger partial charge in [-0.25, -0.2) is 0 Å². The molecule has 1 aromatic heterocycles. The Labute approximate surface area is 188 Å². The first-order chi connectivity index (χ1) is 14.1. The molecule has 0 unspecified atom stereocenters. The Kier molecular flexibility index (Phi) is 6.38. The lowest BCUT2D eigenvalue weighted by Crippen LogP contribution is -2.68. The molecule has 1 aromatic carbocycles. The summed E-state index contributed by atoms with van der Waals surface area (Å²) >= 11 is 2.49. The fraction of sp³-hybridized carbons (Fsp3) is 0.625. The quantitative estimate of drug-likeness (QED) is 0.295. The highest BCUT2D eigenvalue weighted by Crippen LogP contribution is 2.53. The van der Waals surface area contributed by atoms with Crippen LogP contribution < -0.4 is 5.32 Å². The fourth-order valence-electron chi connectivity index (χ4n) is 6.27. The lowest BCUT2D eigenvalue weighted by atomic mass is 9.64. The molecule has 0 spiro atoms. The molecule has 0 saturated heterocycles. The smallest absolute Gasteiger partial charge is 0.120 e. The lowest BCUT2D eigenvalue weighted by Gasteiger charge is -2.58. The number of nitrogens with zero attached hydrogens (tertiary/aromatic N) is 1. The number of hydrogen-bond donors (Lipinski definition) is 2. The van der Waals surface area contributed by atoms with Crippen LogP contribution >= 0.6 is 22.6 Å². The third-order valence-electron chi connectivity index (χ3n) is 7.82. The SMILES string of the molecule is CC[C@@](CC=O)(CCI)[C@@]1(N(C)C2CCCC2)NCCc2c1[nH]c1ccccc21. The molecule has 5 heteroatoms. The van der Waals surface area contributed by atoms with Gasteiger partial charge in [0.25, 0.3) is 0 Å². The van der Waals surface area contributed by atoms with Crippen molar-refractivity contribution in [2.75, 3.05) is 18.0 Å². The van der Waals surface area contributed by atoms with Gasteiger partial charge in [0.1, 0.15) is 11.9 Å². The van der Waals surface area contributed by atoms with E-state index in [1.165, 1.54) is 54.1 Å². The molecule has 1 saturated carbocycles. The molecule has 0 amide bonds. The zero-order chi connectivity index (χ0) is 20.5. The number of halogens is 1. The third kappa shape index (κ3) is 3.28. The van der Waals surface area contributed by atoms with Crippen LogP contribution in [0.25, 0.3) is 10.9 Å². The van der Waals surface area contributed by atoms with E-state index in [9.17, 15) is 4.79 Å². The van der Waals surface area contributed by atoms with Crippen LogP contribution in [0.4, 0.5) is 0 Å². The Morgan fingerprint density at radius 2 is 2.07 bits per heavy atom. The van der Waals surface area contributed by atoms with Crippen LogP contribution in [0.3, 0.4) is 0 Å². The van der Waals surface area contributed by atoms with Crippen LogP contribution in [0.5, 0.6) is 0 Å². The van der Waals surface area contributed by atoms with Crippen LogP contribution in [-0.2, 0) is 16.9 Å². The molecule has 2 atom stereocenters. The number of alkyl halides is 1. The van der Waals surface area contributed by atoms with E-state index in [0.717, 1.165) is 30.2 Å². The van der Waals surface area contributed by atoms with Gasteiger partial charge in [0.15, 0.2) is 0 Å². The number of aldehydes is 1. The Balaban J connectivity index is 1.98. The maximum absolute atomic E-state index is 12.0. The summed E-state index contributed by atoms with van der Waals surface area (Å²) in [5.41, 5.74) is 3.50. The molecule has 29 heavy (non-hydrogen) atoms. The zero-order valence-electron chi connectivity index (χ0n) is 17.8. The van der Waals surface area contributed by atoms with E-state index in [1.807, 2.05) is 0 Å². The van der Waals surface area contributed by atoms with Crippen molar-refractivity contribution in [3.63, 3.8) is 0 Å². The highest BCUT2D eigenvalue weighted by Gasteiger charge is 2.57. The standard InChI is InChI=1S/C24H34IN3O/c1-3-23(13-15-25,14-17-29)24(28(2)18-8-4-5-9-18)22-20(12-16-26-24)19-10-6-7-11-21(19)27-22/h6-7,10-11,17-18,26-27H,3-5,8-9,12-16H2,1-2H3/t23-,24+/m0/s1. The molecule has 0 bridgehead atoms. The number of fused-ring (bicyclic) bond motifs is 3. The molecule has 2 N–H and O–H groups in total. The van der Waals surface area contributed by atoms with Crippen molar-refractivity contribution in [3.8, 4) is 0 Å². The van der Waals surface area contributed by atoms with Crippen molar-refractivity contribution in [1.29, 1.82) is 0 Å². The number of aromatic amines is 1. The van der Waals surface area contributed by atoms with Crippen LogP contribution in [-0.4, -0.2) is 40.2 Å². The van der Waals surface area contributed by atoms with Gasteiger partial charge in [-0.15, -0.1) is 0 Å². The van der Waals surface area contributed by atoms with Crippen molar-refractivity contribution < 1.29 is 4.79 Å². The molecular weight excluding hydrogens is 473 g/mol. The Bertz CT molecular complexity index is 859. The van der Waals surface area contributed by atoms with Gasteiger partial charge in [0.2, 0.25) is 0 Å². The largest absolute Gasteiger partial charge is 0.355 e. The molecule has 4 rings (SSSR count). The molecule has 4 nitrogen and oxygen atoms in total. The van der Waals surface area contributed by atoms with Gasteiger partial charge in [-0.1, -0.05) is 60.6 Å². The average molecular weight is 507 g/mol. The second-order valence-electron chi connectivity index (χ2n) is 8.90. The maximum Gasteiger partial charge on any atom is 0.120 e. The van der Waals surface area contributed by atoms with Crippen LogP contribution in [0.2, 0.25) is 0 Å². The van der Waals surface area contributed by atoms with Gasteiger partial charge in [-0.05, 0) is 50.8 Å². The predicted octanol–water partition coefficient (Wildman–Crippen LogP) is 5.15. The molecule has 1 fully saturated rings. The van der Waals surface area contributed by atoms with Crippen LogP contribution in [0.15, 0.2) is 24.3 Å². The summed E-state index contributed by atoms with van der Waals surface area (Å²) in [7, 11) is 2.31. The first kappa shape index (κ1) is 21.3. The zero-order valence-corrected chi connectivity index (χ0v) is 19.9. The number of rotatable bonds is 8. The van der Waals surface area contributed by atoms with E-state index < -0.39 is 0 Å². The van der Waals surface area contributed by atoms with Gasteiger partial charge in [-0.3, -0.25) is 10.2 Å². The lowest BCUT2D eigenvalue weighted by molar-refractivity contribution is -0.122. The number of nitrogens with one attached hydrogen (secondary N) is 2. The van der Waals surface area contributed by atoms with Gasteiger partial charge < -0.3 is 9.78 Å². The van der Waals surface area contributed by atoms with E-state index in [0.29, 0.717) is 12.5 Å². The molecule has 2 heterocycles. The predicted molar refractivity (Wildman–Crippen MR) is 129 cm³/mol. The highest BCUT2D eigenvalue weighted by molar-refractivity contribution is 14.1. The van der Waals surface area contributed by atoms with Crippen molar-refractivity contribution >= 4 is 39.8 Å². The minimum Gasteiger partial charge on any atom is -0.355 e. The minimum absolute atomic E-state index is 0.136. The molecular formula is C24H34IN3O. The van der Waals surface area contributed by atoms with E-state index >= 15 is 0 Å². The van der Waals surface area contributed by atoms with Gasteiger partial charge in [0, 0.05) is 39.8 Å². The van der Waals surface area contributed by atoms with Crippen molar-refractivity contribution in [3.05, 3.63) is 35.5 Å². The number of hydrogen-bond acceptors (Lipinski definition) is 3. The molecule has 1 aliphatic carbocycles. The number of benzene rings is 1. The van der Waals surface area contributed by atoms with Crippen molar-refractivity contribution in [2.45, 2.75) is 70.0 Å². The number of aromatic nitrogens is 1. The number of carbonyl (C=O) groups excluding carboxylic acids is 1. The van der Waals surface area contributed by atoms with Crippen molar-refractivity contribution in [2.24, 2.45) is 5.41 Å². The summed E-state index contributed by atoms with van der Waals surface area (Å²) in [5.74, 6) is 0. The third-order valence-corrected chi connectivity index (χ3v) is 8.36. The molecule has 2 aliphatic rings. The number of H-pyrrole nitrogens is 1. The normalized spacial score (nSPS) is 24.7. The van der Waals surface area contributed by atoms with E-state index in [1.54, 1.807) is 0 Å². The minimum atomic E-state index is -0.338. The summed E-state index contributed by atoms with van der Waals surface area (Å²) < 4.78 is 1.05. The summed E-state index contributed by atoms with van der Waals surface area (Å²) in [6.45, 7) is 3.23. The van der Waals surface area contributed by atoms with E-state index in [4.69, 9.17) is 0 Å². The summed E-state index contributed by atoms with van der Waals surface area (Å²) in [4.78, 5) is 18.5. The number of carbonyl (C=O) groups is 1. The van der Waals surface area contributed by atoms with E-state index in [-0.39, 0.29) is 11.1 Å². The Morgan fingerprint density at radius 1 is 1.31 bits per heavy atom. The van der Waals surface area contributed by atoms with Gasteiger partial charge >= 0.3 is 0 Å². The molecule has 158 valence electrons. The average Bonchev–Trinajstić information content (AvgIpc) is 3.41. The molecule has 2 aromatic rings. The van der Waals surface area contributed by atoms with Crippen molar-refractivity contribution in [1.82, 2.24) is 15.2 Å². The summed E-state index contributed by atoms with van der Waals surface area (Å²) in [6, 6.07) is 9.27. The maximum atomic E-state index is 12.0. The van der Waals surface area contributed by atoms with Crippen LogP contribution in [0.1, 0.15) is 63.1 Å². The monoisotopic (exact) mass is 507 g/mol. The second kappa shape index (κ2) is 8.67. The molecule has 1 aliphatic heterocycles.